The van der Waals surface area contributed by atoms with Gasteiger partial charge in [0.05, 0.1) is 16.4 Å². The van der Waals surface area contributed by atoms with Crippen molar-refractivity contribution in [3.63, 3.8) is 0 Å². The zero-order valence-corrected chi connectivity index (χ0v) is 15.6. The maximum atomic E-state index is 12.3. The Bertz CT molecular complexity index is 648. The number of hydrogen-bond acceptors (Lipinski definition) is 4. The maximum Gasteiger partial charge on any atom is 0.262 e. The standard InChI is InChI=1S/C17H22ClN3O3.ClH/c1-10(11-2-4-19-5-3-11)6-16(22)20-13-8-15-14(7-12(13)18)21-17(23)9-24-15;/h7-8,10-11,19H,2-6,9H2,1H3,(H,20,22)(H,21,23);1H. The number of benzene rings is 1. The van der Waals surface area contributed by atoms with Gasteiger partial charge in [-0.1, -0.05) is 18.5 Å². The lowest BCUT2D eigenvalue weighted by Crippen LogP contribution is -2.32. The van der Waals surface area contributed by atoms with Crippen LogP contribution >= 0.6 is 24.0 Å². The molecule has 0 radical (unpaired) electrons. The van der Waals surface area contributed by atoms with Gasteiger partial charge in [0, 0.05) is 12.5 Å². The molecule has 0 aromatic heterocycles. The molecule has 2 amide bonds. The summed E-state index contributed by atoms with van der Waals surface area (Å²) in [5, 5.41) is 9.27. The first-order valence-electron chi connectivity index (χ1n) is 8.29. The summed E-state index contributed by atoms with van der Waals surface area (Å²) >= 11 is 6.21. The minimum absolute atomic E-state index is 0. The van der Waals surface area contributed by atoms with Crippen molar-refractivity contribution in [2.75, 3.05) is 30.3 Å². The molecule has 0 bridgehead atoms. The largest absolute Gasteiger partial charge is 0.482 e. The summed E-state index contributed by atoms with van der Waals surface area (Å²) in [6.07, 6.45) is 2.69. The quantitative estimate of drug-likeness (QED) is 0.741. The summed E-state index contributed by atoms with van der Waals surface area (Å²) in [6, 6.07) is 3.25. The van der Waals surface area contributed by atoms with Crippen LogP contribution in [0.4, 0.5) is 11.4 Å². The van der Waals surface area contributed by atoms with E-state index in [-0.39, 0.29) is 30.8 Å². The lowest BCUT2D eigenvalue weighted by Gasteiger charge is -2.28. The van der Waals surface area contributed by atoms with Crippen LogP contribution in [0.25, 0.3) is 0 Å². The number of fused-ring (bicyclic) bond motifs is 1. The van der Waals surface area contributed by atoms with Crippen molar-refractivity contribution < 1.29 is 14.3 Å². The number of ether oxygens (including phenoxy) is 1. The van der Waals surface area contributed by atoms with Crippen LogP contribution in [0.1, 0.15) is 26.2 Å². The fourth-order valence-electron chi connectivity index (χ4n) is 3.27. The second-order valence-corrected chi connectivity index (χ2v) is 6.89. The molecule has 3 rings (SSSR count). The van der Waals surface area contributed by atoms with Gasteiger partial charge >= 0.3 is 0 Å². The Hall–Kier alpha value is -1.50. The van der Waals surface area contributed by atoms with E-state index in [9.17, 15) is 9.59 Å². The van der Waals surface area contributed by atoms with Crippen LogP contribution in [0.5, 0.6) is 5.75 Å². The number of nitrogens with one attached hydrogen (secondary N) is 3. The number of anilines is 2. The average molecular weight is 388 g/mol. The van der Waals surface area contributed by atoms with Gasteiger partial charge in [-0.2, -0.15) is 0 Å². The highest BCUT2D eigenvalue weighted by Crippen LogP contribution is 2.36. The number of carbonyl (C=O) groups excluding carboxylic acids is 2. The summed E-state index contributed by atoms with van der Waals surface area (Å²) < 4.78 is 5.36. The zero-order valence-electron chi connectivity index (χ0n) is 14.1. The van der Waals surface area contributed by atoms with Gasteiger partial charge in [0.15, 0.2) is 6.61 Å². The molecule has 1 aromatic rings. The molecule has 25 heavy (non-hydrogen) atoms. The van der Waals surface area contributed by atoms with E-state index in [0.29, 0.717) is 40.4 Å². The highest BCUT2D eigenvalue weighted by molar-refractivity contribution is 6.34. The van der Waals surface area contributed by atoms with Gasteiger partial charge in [0.1, 0.15) is 5.75 Å². The van der Waals surface area contributed by atoms with Gasteiger partial charge in [-0.15, -0.1) is 12.4 Å². The van der Waals surface area contributed by atoms with E-state index in [4.69, 9.17) is 16.3 Å². The molecule has 1 fully saturated rings. The van der Waals surface area contributed by atoms with Gasteiger partial charge in [-0.25, -0.2) is 0 Å². The SMILES string of the molecule is CC(CC(=O)Nc1cc2c(cc1Cl)NC(=O)CO2)C1CCNCC1.Cl. The van der Waals surface area contributed by atoms with Crippen LogP contribution in [0.2, 0.25) is 5.02 Å². The molecule has 0 spiro atoms. The van der Waals surface area contributed by atoms with Crippen molar-refractivity contribution in [2.45, 2.75) is 26.2 Å². The lowest BCUT2D eigenvalue weighted by molar-refractivity contribution is -0.119. The van der Waals surface area contributed by atoms with Gasteiger partial charge in [-0.3, -0.25) is 9.59 Å². The Kier molecular flexibility index (Phi) is 6.93. The molecule has 0 saturated carbocycles. The maximum absolute atomic E-state index is 12.3. The third-order valence-corrected chi connectivity index (χ3v) is 4.98. The molecule has 0 aliphatic carbocycles. The molecule has 138 valence electrons. The fourth-order valence-corrected chi connectivity index (χ4v) is 3.48. The first-order chi connectivity index (χ1) is 11.5. The van der Waals surface area contributed by atoms with Crippen LogP contribution in [-0.4, -0.2) is 31.5 Å². The normalized spacial score (nSPS) is 18.2. The Morgan fingerprint density at radius 3 is 2.84 bits per heavy atom. The van der Waals surface area contributed by atoms with Crippen LogP contribution in [-0.2, 0) is 9.59 Å². The minimum atomic E-state index is -0.217. The van der Waals surface area contributed by atoms with Gasteiger partial charge in [-0.05, 0) is 43.8 Å². The van der Waals surface area contributed by atoms with Crippen LogP contribution in [0, 0.1) is 11.8 Å². The molecule has 2 aliphatic heterocycles. The Balaban J connectivity index is 0.00000225. The summed E-state index contributed by atoms with van der Waals surface area (Å²) in [5.41, 5.74) is 1.03. The van der Waals surface area contributed by atoms with Crippen molar-refractivity contribution >= 4 is 47.2 Å². The monoisotopic (exact) mass is 387 g/mol. The Morgan fingerprint density at radius 2 is 2.12 bits per heavy atom. The number of hydrogen-bond donors (Lipinski definition) is 3. The second kappa shape index (κ2) is 8.74. The smallest absolute Gasteiger partial charge is 0.262 e. The molecule has 3 N–H and O–H groups in total. The van der Waals surface area contributed by atoms with Gasteiger partial charge in [0.25, 0.3) is 5.91 Å². The van der Waals surface area contributed by atoms with Crippen molar-refractivity contribution in [1.29, 1.82) is 0 Å². The predicted octanol–water partition coefficient (Wildman–Crippen LogP) is 3.06. The second-order valence-electron chi connectivity index (χ2n) is 6.48. The first kappa shape index (κ1) is 19.8. The van der Waals surface area contributed by atoms with Crippen molar-refractivity contribution in [3.05, 3.63) is 17.2 Å². The van der Waals surface area contributed by atoms with Crippen LogP contribution in [0.15, 0.2) is 12.1 Å². The van der Waals surface area contributed by atoms with E-state index in [1.807, 2.05) is 0 Å². The number of rotatable bonds is 4. The van der Waals surface area contributed by atoms with E-state index in [2.05, 4.69) is 22.9 Å². The summed E-state index contributed by atoms with van der Waals surface area (Å²) in [5.74, 6) is 1.16. The fraction of sp³-hybridized carbons (Fsp3) is 0.529. The zero-order chi connectivity index (χ0) is 17.1. The van der Waals surface area contributed by atoms with Crippen LogP contribution < -0.4 is 20.7 Å². The molecule has 1 aromatic carbocycles. The lowest BCUT2D eigenvalue weighted by atomic mass is 9.84. The minimum Gasteiger partial charge on any atom is -0.482 e. The highest BCUT2D eigenvalue weighted by atomic mass is 35.5. The Morgan fingerprint density at radius 1 is 1.40 bits per heavy atom. The number of piperidine rings is 1. The topological polar surface area (TPSA) is 79.5 Å². The van der Waals surface area contributed by atoms with Crippen molar-refractivity contribution in [1.82, 2.24) is 5.32 Å². The number of amides is 2. The third-order valence-electron chi connectivity index (χ3n) is 4.67. The molecule has 1 unspecified atom stereocenters. The summed E-state index contributed by atoms with van der Waals surface area (Å²) in [4.78, 5) is 23.7. The number of halogens is 2. The van der Waals surface area contributed by atoms with E-state index in [1.54, 1.807) is 12.1 Å². The van der Waals surface area contributed by atoms with E-state index < -0.39 is 0 Å². The molecule has 2 aliphatic rings. The molecule has 8 heteroatoms. The third kappa shape index (κ3) is 5.00. The Labute approximate surface area is 158 Å². The summed E-state index contributed by atoms with van der Waals surface area (Å²) in [6.45, 7) is 4.14. The molecular formula is C17H23Cl2N3O3. The van der Waals surface area contributed by atoms with E-state index in [1.165, 1.54) is 0 Å². The van der Waals surface area contributed by atoms with Gasteiger partial charge < -0.3 is 20.7 Å². The predicted molar refractivity (Wildman–Crippen MR) is 101 cm³/mol. The molecule has 6 nitrogen and oxygen atoms in total. The first-order valence-corrected chi connectivity index (χ1v) is 8.67. The molecule has 1 atom stereocenters. The summed E-state index contributed by atoms with van der Waals surface area (Å²) in [7, 11) is 0. The molecular weight excluding hydrogens is 365 g/mol. The van der Waals surface area contributed by atoms with E-state index in [0.717, 1.165) is 25.9 Å². The van der Waals surface area contributed by atoms with Crippen molar-refractivity contribution in [2.24, 2.45) is 11.8 Å². The van der Waals surface area contributed by atoms with E-state index >= 15 is 0 Å². The average Bonchev–Trinajstić information content (AvgIpc) is 2.56. The molecule has 2 heterocycles. The van der Waals surface area contributed by atoms with Crippen molar-refractivity contribution in [3.8, 4) is 5.75 Å². The number of carbonyl (C=O) groups is 2. The molecule has 1 saturated heterocycles. The van der Waals surface area contributed by atoms with Crippen LogP contribution in [0.3, 0.4) is 0 Å². The highest BCUT2D eigenvalue weighted by Gasteiger charge is 2.23. The van der Waals surface area contributed by atoms with Gasteiger partial charge in [0.2, 0.25) is 5.91 Å².